The van der Waals surface area contributed by atoms with Crippen molar-refractivity contribution >= 4 is 33.1 Å². The Morgan fingerprint density at radius 3 is 2.75 bits per heavy atom. The highest BCUT2D eigenvalue weighted by Crippen LogP contribution is 2.39. The fourth-order valence-corrected chi connectivity index (χ4v) is 5.70. The normalized spacial score (nSPS) is 20.8. The van der Waals surface area contributed by atoms with Crippen molar-refractivity contribution in [3.63, 3.8) is 0 Å². The molecule has 1 aliphatic heterocycles. The first-order valence-electron chi connectivity index (χ1n) is 10.2. The molecule has 1 aliphatic carbocycles. The largest absolute Gasteiger partial charge is 0.333 e. The molecule has 1 atom stereocenters. The van der Waals surface area contributed by atoms with E-state index >= 15 is 0 Å². The van der Waals surface area contributed by atoms with Gasteiger partial charge in [0, 0.05) is 31.1 Å². The second kappa shape index (κ2) is 6.77. The van der Waals surface area contributed by atoms with E-state index in [4.69, 9.17) is 9.97 Å². The van der Waals surface area contributed by atoms with Crippen LogP contribution in [0.5, 0.6) is 0 Å². The molecule has 3 aromatic heterocycles. The van der Waals surface area contributed by atoms with E-state index in [9.17, 15) is 4.79 Å². The lowest BCUT2D eigenvalue weighted by atomic mass is 9.89. The van der Waals surface area contributed by atoms with Crippen molar-refractivity contribution in [2.75, 3.05) is 32.7 Å². The van der Waals surface area contributed by atoms with Crippen molar-refractivity contribution < 1.29 is 4.79 Å². The number of carbonyl (C=O) groups is 1. The molecule has 2 aliphatic rings. The summed E-state index contributed by atoms with van der Waals surface area (Å²) in [6.07, 6.45) is 3.41. The standard InChI is InChI=1S/C20H26N6OS/c1-4-24-7-9-25(10-8-24)20(27)17-22-18-16-14-11-12(2)5-6-15(14)28-19(16)21-13(3)26(18)23-17/h12H,4-11H2,1-3H3/t12-/m0/s1. The summed E-state index contributed by atoms with van der Waals surface area (Å²) in [5.41, 5.74) is 2.17. The van der Waals surface area contributed by atoms with Crippen LogP contribution >= 0.6 is 11.3 Å². The number of hydrogen-bond acceptors (Lipinski definition) is 6. The number of likely N-dealkylation sites (N-methyl/N-ethyl adjacent to an activating group) is 1. The zero-order valence-corrected chi connectivity index (χ0v) is 17.6. The van der Waals surface area contributed by atoms with Gasteiger partial charge in [-0.15, -0.1) is 16.4 Å². The first-order valence-corrected chi connectivity index (χ1v) is 11.1. The highest BCUT2D eigenvalue weighted by Gasteiger charge is 2.28. The smallest absolute Gasteiger partial charge is 0.293 e. The zero-order valence-electron chi connectivity index (χ0n) is 16.7. The molecular weight excluding hydrogens is 372 g/mol. The van der Waals surface area contributed by atoms with Crippen LogP contribution in [0, 0.1) is 12.8 Å². The van der Waals surface area contributed by atoms with Gasteiger partial charge in [-0.1, -0.05) is 13.8 Å². The molecule has 3 aromatic rings. The average molecular weight is 399 g/mol. The van der Waals surface area contributed by atoms with Gasteiger partial charge in [-0.2, -0.15) is 4.52 Å². The molecule has 0 radical (unpaired) electrons. The zero-order chi connectivity index (χ0) is 19.4. The van der Waals surface area contributed by atoms with Crippen LogP contribution in [0.15, 0.2) is 0 Å². The fraction of sp³-hybridized carbons (Fsp3) is 0.600. The SMILES string of the molecule is CCN1CCN(C(=O)c2nc3c4c5c(sc4nc(C)n3n2)CC[C@H](C)C5)CC1. The predicted octanol–water partition coefficient (Wildman–Crippen LogP) is 2.55. The number of aryl methyl sites for hydroxylation is 2. The third-order valence-electron chi connectivity index (χ3n) is 6.19. The number of hydrogen-bond donors (Lipinski definition) is 0. The van der Waals surface area contributed by atoms with Gasteiger partial charge >= 0.3 is 0 Å². The van der Waals surface area contributed by atoms with Crippen LogP contribution < -0.4 is 0 Å². The molecule has 0 saturated carbocycles. The number of rotatable bonds is 2. The van der Waals surface area contributed by atoms with Gasteiger partial charge in [-0.25, -0.2) is 9.97 Å². The molecule has 1 amide bonds. The first-order chi connectivity index (χ1) is 13.5. The fourth-order valence-electron chi connectivity index (χ4n) is 4.45. The number of piperazine rings is 1. The molecule has 4 heterocycles. The van der Waals surface area contributed by atoms with Gasteiger partial charge in [0.15, 0.2) is 5.65 Å². The van der Waals surface area contributed by atoms with Crippen molar-refractivity contribution in [3.05, 3.63) is 22.1 Å². The van der Waals surface area contributed by atoms with Crippen LogP contribution in [0.25, 0.3) is 15.9 Å². The Morgan fingerprint density at radius 2 is 2.00 bits per heavy atom. The number of carbonyl (C=O) groups excluding carboxylic acids is 1. The molecular formula is C20H26N6OS. The molecule has 1 saturated heterocycles. The first kappa shape index (κ1) is 18.0. The van der Waals surface area contributed by atoms with E-state index < -0.39 is 0 Å². The van der Waals surface area contributed by atoms with Crippen molar-refractivity contribution in [2.45, 2.75) is 40.0 Å². The highest BCUT2D eigenvalue weighted by molar-refractivity contribution is 7.19. The summed E-state index contributed by atoms with van der Waals surface area (Å²) < 4.78 is 1.77. The molecule has 0 bridgehead atoms. The molecule has 0 spiro atoms. The van der Waals surface area contributed by atoms with Crippen LogP contribution in [0.2, 0.25) is 0 Å². The lowest BCUT2D eigenvalue weighted by Gasteiger charge is -2.33. The molecule has 0 N–H and O–H groups in total. The molecule has 8 heteroatoms. The second-order valence-electron chi connectivity index (χ2n) is 8.09. The van der Waals surface area contributed by atoms with Crippen molar-refractivity contribution in [1.82, 2.24) is 29.4 Å². The molecule has 5 rings (SSSR count). The summed E-state index contributed by atoms with van der Waals surface area (Å²) in [5, 5.41) is 5.68. The Kier molecular flexibility index (Phi) is 4.35. The van der Waals surface area contributed by atoms with E-state index in [1.54, 1.807) is 15.9 Å². The summed E-state index contributed by atoms with van der Waals surface area (Å²) in [4.78, 5) is 29.3. The molecule has 0 unspecified atom stereocenters. The maximum absolute atomic E-state index is 13.0. The molecule has 0 aromatic carbocycles. The Balaban J connectivity index is 1.57. The second-order valence-corrected chi connectivity index (χ2v) is 9.17. The van der Waals surface area contributed by atoms with E-state index in [0.717, 1.165) is 67.3 Å². The molecule has 1 fully saturated rings. The summed E-state index contributed by atoms with van der Waals surface area (Å²) in [6, 6.07) is 0. The number of amides is 1. The minimum atomic E-state index is -0.0653. The molecule has 28 heavy (non-hydrogen) atoms. The third-order valence-corrected chi connectivity index (χ3v) is 7.37. The van der Waals surface area contributed by atoms with Gasteiger partial charge in [0.2, 0.25) is 5.82 Å². The van der Waals surface area contributed by atoms with Crippen molar-refractivity contribution in [2.24, 2.45) is 5.92 Å². The van der Waals surface area contributed by atoms with Gasteiger partial charge in [-0.3, -0.25) is 4.79 Å². The van der Waals surface area contributed by atoms with Crippen LogP contribution in [0.4, 0.5) is 0 Å². The van der Waals surface area contributed by atoms with Crippen molar-refractivity contribution in [3.8, 4) is 0 Å². The van der Waals surface area contributed by atoms with Gasteiger partial charge in [0.25, 0.3) is 5.91 Å². The maximum Gasteiger partial charge on any atom is 0.293 e. The Labute approximate surface area is 168 Å². The minimum Gasteiger partial charge on any atom is -0.333 e. The minimum absolute atomic E-state index is 0.0653. The predicted molar refractivity (Wildman–Crippen MR) is 110 cm³/mol. The van der Waals surface area contributed by atoms with Crippen LogP contribution in [0.3, 0.4) is 0 Å². The Morgan fingerprint density at radius 1 is 1.21 bits per heavy atom. The van der Waals surface area contributed by atoms with Crippen LogP contribution in [-0.2, 0) is 12.8 Å². The monoisotopic (exact) mass is 398 g/mol. The summed E-state index contributed by atoms with van der Waals surface area (Å²) >= 11 is 1.79. The van der Waals surface area contributed by atoms with Crippen LogP contribution in [-0.4, -0.2) is 68.0 Å². The van der Waals surface area contributed by atoms with E-state index in [1.807, 2.05) is 11.8 Å². The quantitative estimate of drug-likeness (QED) is 0.664. The van der Waals surface area contributed by atoms with E-state index in [-0.39, 0.29) is 5.91 Å². The lowest BCUT2D eigenvalue weighted by molar-refractivity contribution is 0.0631. The van der Waals surface area contributed by atoms with Gasteiger partial charge in [0.05, 0.1) is 5.39 Å². The lowest BCUT2D eigenvalue weighted by Crippen LogP contribution is -2.48. The summed E-state index contributed by atoms with van der Waals surface area (Å²) in [5.74, 6) is 1.69. The Bertz CT molecular complexity index is 1060. The Hall–Kier alpha value is -2.06. The number of fused-ring (bicyclic) bond motifs is 5. The van der Waals surface area contributed by atoms with E-state index in [2.05, 4.69) is 23.8 Å². The topological polar surface area (TPSA) is 66.6 Å². The molecule has 7 nitrogen and oxygen atoms in total. The van der Waals surface area contributed by atoms with Gasteiger partial charge in [0.1, 0.15) is 10.7 Å². The summed E-state index contributed by atoms with van der Waals surface area (Å²) in [6.45, 7) is 10.7. The van der Waals surface area contributed by atoms with E-state index in [1.165, 1.54) is 16.9 Å². The number of aromatic nitrogens is 4. The highest BCUT2D eigenvalue weighted by atomic mass is 32.1. The number of thiophene rings is 1. The van der Waals surface area contributed by atoms with Crippen LogP contribution in [0.1, 0.15) is 47.2 Å². The molecule has 148 valence electrons. The van der Waals surface area contributed by atoms with E-state index in [0.29, 0.717) is 11.7 Å². The third kappa shape index (κ3) is 2.81. The van der Waals surface area contributed by atoms with Gasteiger partial charge in [-0.05, 0) is 44.2 Å². The van der Waals surface area contributed by atoms with Gasteiger partial charge < -0.3 is 9.80 Å². The average Bonchev–Trinajstić information content (AvgIpc) is 3.29. The maximum atomic E-state index is 13.0. The van der Waals surface area contributed by atoms with Crippen molar-refractivity contribution in [1.29, 1.82) is 0 Å². The number of nitrogens with zero attached hydrogens (tertiary/aromatic N) is 6. The summed E-state index contributed by atoms with van der Waals surface area (Å²) in [7, 11) is 0.